The molecule has 0 amide bonds. The second-order valence-corrected chi connectivity index (χ2v) is 9.43. The van der Waals surface area contributed by atoms with Crippen LogP contribution in [0.25, 0.3) is 16.6 Å². The molecule has 0 saturated carbocycles. The van der Waals surface area contributed by atoms with Crippen LogP contribution >= 0.6 is 0 Å². The number of carbonyl (C=O) groups excluding carboxylic acids is 1. The fourth-order valence-corrected chi connectivity index (χ4v) is 4.74. The Bertz CT molecular complexity index is 1430. The minimum atomic E-state index is -4.03. The standard InChI is InChI=1S/C26H25NO5S/c1-5-31-26(28)25-19(4)27(20-10-6-17(2)7-11-20)24-15-12-21(16-23(24)25)32-33(29,30)22-13-8-18(3)9-14-22/h6-16H,5H2,1-4H3. The van der Waals surface area contributed by atoms with Crippen molar-refractivity contribution in [3.8, 4) is 11.4 Å². The number of aromatic nitrogens is 1. The highest BCUT2D eigenvalue weighted by Crippen LogP contribution is 2.33. The maximum atomic E-state index is 12.8. The van der Waals surface area contributed by atoms with Crippen LogP contribution in [-0.4, -0.2) is 25.6 Å². The summed E-state index contributed by atoms with van der Waals surface area (Å²) >= 11 is 0. The van der Waals surface area contributed by atoms with Gasteiger partial charge in [0.05, 0.1) is 17.7 Å². The molecule has 33 heavy (non-hydrogen) atoms. The molecule has 0 radical (unpaired) electrons. The maximum Gasteiger partial charge on any atom is 0.340 e. The zero-order chi connectivity index (χ0) is 23.8. The molecule has 1 aromatic heterocycles. The Balaban J connectivity index is 1.85. The first-order valence-corrected chi connectivity index (χ1v) is 12.0. The van der Waals surface area contributed by atoms with Gasteiger partial charge in [0, 0.05) is 16.8 Å². The SMILES string of the molecule is CCOC(=O)c1c(C)n(-c2ccc(C)cc2)c2ccc(OS(=O)(=O)c3ccc(C)cc3)cc12. The van der Waals surface area contributed by atoms with Gasteiger partial charge in [0.2, 0.25) is 0 Å². The van der Waals surface area contributed by atoms with Crippen LogP contribution in [0.4, 0.5) is 0 Å². The average Bonchev–Trinajstić information content (AvgIpc) is 3.05. The van der Waals surface area contributed by atoms with Gasteiger partial charge in [-0.05, 0) is 70.2 Å². The molecule has 4 aromatic rings. The van der Waals surface area contributed by atoms with Crippen molar-refractivity contribution in [2.45, 2.75) is 32.6 Å². The van der Waals surface area contributed by atoms with E-state index in [1.807, 2.05) is 49.6 Å². The number of carbonyl (C=O) groups is 1. The number of nitrogens with zero attached hydrogens (tertiary/aromatic N) is 1. The molecule has 0 bridgehead atoms. The van der Waals surface area contributed by atoms with Crippen LogP contribution in [0.2, 0.25) is 0 Å². The Hall–Kier alpha value is -3.58. The highest BCUT2D eigenvalue weighted by Gasteiger charge is 2.24. The van der Waals surface area contributed by atoms with Gasteiger partial charge in [-0.1, -0.05) is 35.4 Å². The van der Waals surface area contributed by atoms with Gasteiger partial charge in [-0.3, -0.25) is 0 Å². The van der Waals surface area contributed by atoms with Crippen LogP contribution in [-0.2, 0) is 14.9 Å². The zero-order valence-corrected chi connectivity index (χ0v) is 19.8. The first kappa shape index (κ1) is 22.6. The third kappa shape index (κ3) is 4.36. The van der Waals surface area contributed by atoms with Gasteiger partial charge in [0.25, 0.3) is 0 Å². The summed E-state index contributed by atoms with van der Waals surface area (Å²) in [7, 11) is -4.03. The van der Waals surface area contributed by atoms with Crippen LogP contribution < -0.4 is 4.18 Å². The monoisotopic (exact) mass is 463 g/mol. The number of rotatable bonds is 6. The van der Waals surface area contributed by atoms with Crippen molar-refractivity contribution in [2.24, 2.45) is 0 Å². The van der Waals surface area contributed by atoms with E-state index in [9.17, 15) is 13.2 Å². The minimum absolute atomic E-state index is 0.0622. The van der Waals surface area contributed by atoms with Gasteiger partial charge in [-0.2, -0.15) is 8.42 Å². The van der Waals surface area contributed by atoms with E-state index >= 15 is 0 Å². The quantitative estimate of drug-likeness (QED) is 0.279. The molecular weight excluding hydrogens is 438 g/mol. The zero-order valence-electron chi connectivity index (χ0n) is 19.0. The number of benzene rings is 3. The Labute approximate surface area is 193 Å². The van der Waals surface area contributed by atoms with Crippen molar-refractivity contribution in [3.63, 3.8) is 0 Å². The second kappa shape index (κ2) is 8.75. The predicted molar refractivity (Wildman–Crippen MR) is 128 cm³/mol. The van der Waals surface area contributed by atoms with Crippen molar-refractivity contribution >= 4 is 27.0 Å². The first-order chi connectivity index (χ1) is 15.7. The normalized spacial score (nSPS) is 11.5. The lowest BCUT2D eigenvalue weighted by atomic mass is 10.1. The fourth-order valence-electron chi connectivity index (χ4n) is 3.82. The smallest absolute Gasteiger partial charge is 0.340 e. The van der Waals surface area contributed by atoms with E-state index in [1.165, 1.54) is 12.1 Å². The van der Waals surface area contributed by atoms with Crippen LogP contribution in [0.15, 0.2) is 71.6 Å². The lowest BCUT2D eigenvalue weighted by molar-refractivity contribution is 0.0527. The van der Waals surface area contributed by atoms with Gasteiger partial charge in [0.1, 0.15) is 10.6 Å². The number of fused-ring (bicyclic) bond motifs is 1. The third-order valence-corrected chi connectivity index (χ3v) is 6.72. The van der Waals surface area contributed by atoms with Gasteiger partial charge in [0.15, 0.2) is 0 Å². The molecule has 6 nitrogen and oxygen atoms in total. The molecule has 0 atom stereocenters. The summed E-state index contributed by atoms with van der Waals surface area (Å²) in [5, 5.41) is 0.558. The lowest BCUT2D eigenvalue weighted by Gasteiger charge is -2.10. The Morgan fingerprint density at radius 1 is 0.879 bits per heavy atom. The summed E-state index contributed by atoms with van der Waals surface area (Å²) in [4.78, 5) is 12.9. The molecule has 7 heteroatoms. The van der Waals surface area contributed by atoms with Gasteiger partial charge in [-0.15, -0.1) is 0 Å². The number of hydrogen-bond acceptors (Lipinski definition) is 5. The van der Waals surface area contributed by atoms with Crippen molar-refractivity contribution < 1.29 is 22.1 Å². The highest BCUT2D eigenvalue weighted by atomic mass is 32.2. The summed E-state index contributed by atoms with van der Waals surface area (Å²) in [5.74, 6) is -0.348. The van der Waals surface area contributed by atoms with Crippen molar-refractivity contribution in [1.82, 2.24) is 4.57 Å². The molecule has 0 aliphatic carbocycles. The van der Waals surface area contributed by atoms with E-state index in [4.69, 9.17) is 8.92 Å². The van der Waals surface area contributed by atoms with Crippen LogP contribution in [0.1, 0.15) is 34.1 Å². The lowest BCUT2D eigenvalue weighted by Crippen LogP contribution is -2.09. The maximum absolute atomic E-state index is 12.8. The number of esters is 1. The third-order valence-electron chi connectivity index (χ3n) is 5.46. The molecule has 0 spiro atoms. The molecule has 0 unspecified atom stereocenters. The number of aryl methyl sites for hydroxylation is 2. The molecule has 0 fully saturated rings. The van der Waals surface area contributed by atoms with Gasteiger partial charge in [-0.25, -0.2) is 4.79 Å². The molecule has 0 saturated heterocycles. The Kier molecular flexibility index (Phi) is 5.99. The predicted octanol–water partition coefficient (Wildman–Crippen LogP) is 5.50. The van der Waals surface area contributed by atoms with Crippen molar-refractivity contribution in [3.05, 3.63) is 89.1 Å². The summed E-state index contributed by atoms with van der Waals surface area (Å²) in [6.07, 6.45) is 0. The van der Waals surface area contributed by atoms with Crippen molar-refractivity contribution in [2.75, 3.05) is 6.61 Å². The highest BCUT2D eigenvalue weighted by molar-refractivity contribution is 7.87. The largest absolute Gasteiger partial charge is 0.462 e. The number of ether oxygens (including phenoxy) is 1. The van der Waals surface area contributed by atoms with E-state index in [0.717, 1.165) is 22.3 Å². The minimum Gasteiger partial charge on any atom is -0.462 e. The van der Waals surface area contributed by atoms with Crippen LogP contribution in [0.3, 0.4) is 0 Å². The van der Waals surface area contributed by atoms with Gasteiger partial charge >= 0.3 is 16.1 Å². The van der Waals surface area contributed by atoms with E-state index in [1.54, 1.807) is 37.3 Å². The summed E-state index contributed by atoms with van der Waals surface area (Å²) in [6.45, 7) is 7.70. The molecular formula is C26H25NO5S. The molecule has 0 aliphatic rings. The van der Waals surface area contributed by atoms with Crippen LogP contribution in [0, 0.1) is 20.8 Å². The summed E-state index contributed by atoms with van der Waals surface area (Å²) < 4.78 is 38.2. The van der Waals surface area contributed by atoms with E-state index < -0.39 is 16.1 Å². The van der Waals surface area contributed by atoms with Crippen LogP contribution in [0.5, 0.6) is 5.75 Å². The summed E-state index contributed by atoms with van der Waals surface area (Å²) in [6, 6.07) is 19.3. The van der Waals surface area contributed by atoms with E-state index in [0.29, 0.717) is 16.6 Å². The average molecular weight is 464 g/mol. The number of hydrogen-bond donors (Lipinski definition) is 0. The molecule has 0 aliphatic heterocycles. The van der Waals surface area contributed by atoms with E-state index in [2.05, 4.69) is 0 Å². The first-order valence-electron chi connectivity index (χ1n) is 10.6. The fraction of sp³-hybridized carbons (Fsp3) is 0.192. The molecule has 4 rings (SSSR count). The second-order valence-electron chi connectivity index (χ2n) is 7.88. The topological polar surface area (TPSA) is 74.6 Å². The van der Waals surface area contributed by atoms with E-state index in [-0.39, 0.29) is 17.3 Å². The Morgan fingerprint density at radius 3 is 2.09 bits per heavy atom. The molecule has 3 aromatic carbocycles. The molecule has 0 N–H and O–H groups in total. The Morgan fingerprint density at radius 2 is 1.48 bits per heavy atom. The molecule has 1 heterocycles. The summed E-state index contributed by atoms with van der Waals surface area (Å²) in [5.41, 5.74) is 4.79. The molecule has 170 valence electrons. The van der Waals surface area contributed by atoms with Crippen molar-refractivity contribution in [1.29, 1.82) is 0 Å². The van der Waals surface area contributed by atoms with Gasteiger partial charge < -0.3 is 13.5 Å².